The van der Waals surface area contributed by atoms with Gasteiger partial charge in [-0.05, 0) is 57.8 Å². The molecule has 3 heterocycles. The van der Waals surface area contributed by atoms with Crippen molar-refractivity contribution in [3.05, 3.63) is 134 Å². The number of benzene rings is 7. The molecule has 0 spiro atoms. The second-order valence-corrected chi connectivity index (χ2v) is 11.3. The van der Waals surface area contributed by atoms with Crippen LogP contribution in [-0.4, -0.2) is 9.97 Å². The van der Waals surface area contributed by atoms with Crippen molar-refractivity contribution < 1.29 is 8.83 Å². The molecule has 4 nitrogen and oxygen atoms in total. The molecule has 0 aliphatic rings. The summed E-state index contributed by atoms with van der Waals surface area (Å²) in [4.78, 5) is 9.41. The van der Waals surface area contributed by atoms with E-state index in [-0.39, 0.29) is 0 Å². The summed E-state index contributed by atoms with van der Waals surface area (Å²) in [6, 6.07) is 42.5. The van der Waals surface area contributed by atoms with Gasteiger partial charge in [0.15, 0.2) is 0 Å². The van der Waals surface area contributed by atoms with Crippen molar-refractivity contribution >= 4 is 76.5 Å². The molecule has 204 valence electrons. The van der Waals surface area contributed by atoms with E-state index < -0.39 is 0 Å². The van der Waals surface area contributed by atoms with Crippen molar-refractivity contribution in [2.24, 2.45) is 0 Å². The number of para-hydroxylation sites is 2. The second kappa shape index (κ2) is 8.76. The molecular weight excluding hydrogens is 540 g/mol. The molecule has 10 aromatic rings. The van der Waals surface area contributed by atoms with E-state index in [0.29, 0.717) is 0 Å². The first-order valence-corrected chi connectivity index (χ1v) is 14.7. The summed E-state index contributed by atoms with van der Waals surface area (Å²) in [6.07, 6.45) is 3.54. The predicted molar refractivity (Wildman–Crippen MR) is 180 cm³/mol. The molecule has 0 saturated carbocycles. The number of nitrogens with zero attached hydrogens (tertiary/aromatic N) is 2. The molecule has 0 saturated heterocycles. The average Bonchev–Trinajstić information content (AvgIpc) is 3.65. The molecule has 7 aromatic carbocycles. The van der Waals surface area contributed by atoms with Gasteiger partial charge < -0.3 is 8.83 Å². The molecule has 0 radical (unpaired) electrons. The number of furan rings is 2. The summed E-state index contributed by atoms with van der Waals surface area (Å²) in [5, 5.41) is 8.92. The Bertz CT molecular complexity index is 2660. The lowest BCUT2D eigenvalue weighted by Crippen LogP contribution is -1.89. The average molecular weight is 563 g/mol. The van der Waals surface area contributed by atoms with Gasteiger partial charge in [-0.2, -0.15) is 0 Å². The Morgan fingerprint density at radius 1 is 0.364 bits per heavy atom. The van der Waals surface area contributed by atoms with Crippen LogP contribution in [0.3, 0.4) is 0 Å². The van der Waals surface area contributed by atoms with Gasteiger partial charge in [0, 0.05) is 44.7 Å². The molecule has 4 heteroatoms. The Morgan fingerprint density at radius 2 is 0.909 bits per heavy atom. The zero-order valence-electron chi connectivity index (χ0n) is 23.4. The van der Waals surface area contributed by atoms with Gasteiger partial charge in [0.25, 0.3) is 0 Å². The highest BCUT2D eigenvalue weighted by Crippen LogP contribution is 2.45. The lowest BCUT2D eigenvalue weighted by atomic mass is 9.93. The van der Waals surface area contributed by atoms with Crippen LogP contribution < -0.4 is 0 Å². The Hall–Kier alpha value is -6.00. The number of hydrogen-bond acceptors (Lipinski definition) is 4. The van der Waals surface area contributed by atoms with Crippen LogP contribution in [0.15, 0.2) is 143 Å². The first-order chi connectivity index (χ1) is 21.8. The second-order valence-electron chi connectivity index (χ2n) is 11.3. The fourth-order valence-corrected chi connectivity index (χ4v) is 6.96. The van der Waals surface area contributed by atoms with Crippen molar-refractivity contribution in [3.63, 3.8) is 0 Å². The fourth-order valence-electron chi connectivity index (χ4n) is 6.96. The van der Waals surface area contributed by atoms with E-state index in [4.69, 9.17) is 13.8 Å². The van der Waals surface area contributed by atoms with E-state index in [0.717, 1.165) is 93.3 Å². The maximum Gasteiger partial charge on any atom is 0.147 e. The van der Waals surface area contributed by atoms with Crippen LogP contribution in [0.4, 0.5) is 0 Å². The van der Waals surface area contributed by atoms with Gasteiger partial charge in [-0.15, -0.1) is 0 Å². The maximum absolute atomic E-state index is 6.56. The third-order valence-corrected chi connectivity index (χ3v) is 8.94. The monoisotopic (exact) mass is 562 g/mol. The molecule has 0 fully saturated rings. The lowest BCUT2D eigenvalue weighted by molar-refractivity contribution is 0.658. The van der Waals surface area contributed by atoms with Gasteiger partial charge in [0.05, 0.1) is 16.6 Å². The molecular formula is C40H22N2O2. The Balaban J connectivity index is 1.25. The van der Waals surface area contributed by atoms with Crippen LogP contribution in [0, 0.1) is 0 Å². The molecule has 0 amide bonds. The van der Waals surface area contributed by atoms with Gasteiger partial charge in [-0.3, -0.25) is 9.97 Å². The maximum atomic E-state index is 6.56. The molecule has 0 aliphatic carbocycles. The number of fused-ring (bicyclic) bond motifs is 12. The normalized spacial score (nSPS) is 12.1. The summed E-state index contributed by atoms with van der Waals surface area (Å²) in [5.41, 5.74) is 9.53. The van der Waals surface area contributed by atoms with Gasteiger partial charge in [0.2, 0.25) is 0 Å². The Kier molecular flexibility index (Phi) is 4.69. The first-order valence-electron chi connectivity index (χ1n) is 14.7. The molecule has 3 aromatic heterocycles. The van der Waals surface area contributed by atoms with Crippen LogP contribution in [0.25, 0.3) is 98.7 Å². The minimum absolute atomic E-state index is 0.837. The Labute approximate surface area is 250 Å². The topological polar surface area (TPSA) is 52.1 Å². The lowest BCUT2D eigenvalue weighted by Gasteiger charge is -2.12. The minimum atomic E-state index is 0.837. The van der Waals surface area contributed by atoms with Gasteiger partial charge in [-0.25, -0.2) is 0 Å². The molecule has 44 heavy (non-hydrogen) atoms. The summed E-state index contributed by atoms with van der Waals surface area (Å²) < 4.78 is 13.1. The van der Waals surface area contributed by atoms with Crippen LogP contribution in [0.1, 0.15) is 0 Å². The molecule has 0 atom stereocenters. The molecule has 0 bridgehead atoms. The van der Waals surface area contributed by atoms with Crippen molar-refractivity contribution in [1.82, 2.24) is 9.97 Å². The summed E-state index contributed by atoms with van der Waals surface area (Å²) >= 11 is 0. The van der Waals surface area contributed by atoms with Crippen LogP contribution >= 0.6 is 0 Å². The summed E-state index contributed by atoms with van der Waals surface area (Å²) in [6.45, 7) is 0. The van der Waals surface area contributed by atoms with Crippen LogP contribution in [0.2, 0.25) is 0 Å². The fraction of sp³-hybridized carbons (Fsp3) is 0. The number of rotatable bonds is 2. The predicted octanol–water partition coefficient (Wildman–Crippen LogP) is 11.1. The van der Waals surface area contributed by atoms with Gasteiger partial charge in [-0.1, -0.05) is 91.0 Å². The van der Waals surface area contributed by atoms with Crippen molar-refractivity contribution in [2.75, 3.05) is 0 Å². The van der Waals surface area contributed by atoms with E-state index in [1.807, 2.05) is 24.3 Å². The van der Waals surface area contributed by atoms with Crippen molar-refractivity contribution in [3.8, 4) is 22.3 Å². The highest BCUT2D eigenvalue weighted by Gasteiger charge is 2.21. The number of aromatic nitrogens is 2. The van der Waals surface area contributed by atoms with Gasteiger partial charge in [0.1, 0.15) is 22.3 Å². The first kappa shape index (κ1) is 23.6. The van der Waals surface area contributed by atoms with Crippen molar-refractivity contribution in [2.45, 2.75) is 0 Å². The molecule has 0 N–H and O–H groups in total. The number of hydrogen-bond donors (Lipinski definition) is 0. The molecule has 10 rings (SSSR count). The Morgan fingerprint density at radius 3 is 1.59 bits per heavy atom. The highest BCUT2D eigenvalue weighted by molar-refractivity contribution is 6.24. The SMILES string of the molecule is c1cc(-c2ccc3c(c2)c2ccccc2c2nccnc32)cc(-c2c3oc4ccccc4c3cc3c2oc2ccccc23)c1. The largest absolute Gasteiger partial charge is 0.455 e. The van der Waals surface area contributed by atoms with E-state index in [2.05, 4.69) is 102 Å². The quantitative estimate of drug-likeness (QED) is 0.197. The standard InChI is InChI=1S/C40H22N2O2/c1-2-13-29-26(10-1)31-21-24(16-17-30(31)38-37(29)41-18-19-42-38)23-8-7-9-25(20-23)36-39-32(27-11-3-5-14-34(27)43-39)22-33-28-12-4-6-15-35(28)44-40(33)36/h1-22H. The third-order valence-electron chi connectivity index (χ3n) is 8.94. The summed E-state index contributed by atoms with van der Waals surface area (Å²) in [5.74, 6) is 0. The molecule has 0 unspecified atom stereocenters. The minimum Gasteiger partial charge on any atom is -0.455 e. The molecule has 0 aliphatic heterocycles. The van der Waals surface area contributed by atoms with Gasteiger partial charge >= 0.3 is 0 Å². The van der Waals surface area contributed by atoms with Crippen LogP contribution in [0.5, 0.6) is 0 Å². The third kappa shape index (κ3) is 3.22. The van der Waals surface area contributed by atoms with Crippen molar-refractivity contribution in [1.29, 1.82) is 0 Å². The van der Waals surface area contributed by atoms with E-state index >= 15 is 0 Å². The van der Waals surface area contributed by atoms with E-state index in [1.54, 1.807) is 12.4 Å². The zero-order valence-corrected chi connectivity index (χ0v) is 23.4. The van der Waals surface area contributed by atoms with E-state index in [9.17, 15) is 0 Å². The van der Waals surface area contributed by atoms with Crippen LogP contribution in [-0.2, 0) is 0 Å². The smallest absolute Gasteiger partial charge is 0.147 e. The highest BCUT2D eigenvalue weighted by atomic mass is 16.3. The van der Waals surface area contributed by atoms with E-state index in [1.165, 1.54) is 5.39 Å². The zero-order chi connectivity index (χ0) is 28.8. The summed E-state index contributed by atoms with van der Waals surface area (Å²) in [7, 11) is 0.